The predicted molar refractivity (Wildman–Crippen MR) is 144 cm³/mol. The third-order valence-electron chi connectivity index (χ3n) is 7.33. The molecule has 1 aromatic heterocycles. The minimum atomic E-state index is -0.237. The van der Waals surface area contributed by atoms with E-state index in [4.69, 9.17) is 16.3 Å². The van der Waals surface area contributed by atoms with Gasteiger partial charge in [-0.3, -0.25) is 19.3 Å². The summed E-state index contributed by atoms with van der Waals surface area (Å²) >= 11 is 7.96. The number of fused-ring (bicyclic) bond motifs is 1. The van der Waals surface area contributed by atoms with E-state index in [0.717, 1.165) is 39.7 Å². The Morgan fingerprint density at radius 2 is 1.70 bits per heavy atom. The molecule has 188 valence electrons. The van der Waals surface area contributed by atoms with Gasteiger partial charge in [-0.1, -0.05) is 35.9 Å². The van der Waals surface area contributed by atoms with Crippen molar-refractivity contribution in [2.45, 2.75) is 0 Å². The maximum Gasteiger partial charge on any atom is 0.265 e. The van der Waals surface area contributed by atoms with E-state index in [1.807, 2.05) is 47.4 Å². The van der Waals surface area contributed by atoms with Crippen LogP contribution in [0.3, 0.4) is 0 Å². The van der Waals surface area contributed by atoms with Crippen LogP contribution in [0.15, 0.2) is 54.6 Å². The second-order valence-corrected chi connectivity index (χ2v) is 10.8. The Hall–Kier alpha value is -3.46. The van der Waals surface area contributed by atoms with Crippen LogP contribution in [-0.2, 0) is 0 Å². The monoisotopic (exact) mass is 534 g/mol. The molecule has 9 heteroatoms. The first-order valence-corrected chi connectivity index (χ1v) is 13.4. The van der Waals surface area contributed by atoms with Gasteiger partial charge in [-0.15, -0.1) is 11.3 Å². The number of nitrogens with zero attached hydrogens (tertiary/aromatic N) is 2. The zero-order valence-corrected chi connectivity index (χ0v) is 21.8. The highest BCUT2D eigenvalue weighted by molar-refractivity contribution is 7.21. The standard InChI is InChI=1S/C28H24ClN3O4S/c1-36-18-8-9-19-22(16-18)37-25(24(19)29)28(35)31-13-10-30(11-14-31)12-15-32-26(33)20-6-2-4-17-5-3-7-21(23(17)20)27(32)34/h2-9,16H,10-15H2,1H3/p+1. The topological polar surface area (TPSA) is 71.4 Å². The Bertz CT molecular complexity index is 1520. The summed E-state index contributed by atoms with van der Waals surface area (Å²) in [4.78, 5) is 44.6. The highest BCUT2D eigenvalue weighted by atomic mass is 35.5. The van der Waals surface area contributed by atoms with Gasteiger partial charge in [0.15, 0.2) is 0 Å². The number of hydrogen-bond donors (Lipinski definition) is 1. The van der Waals surface area contributed by atoms with Gasteiger partial charge in [0.1, 0.15) is 10.6 Å². The number of rotatable bonds is 5. The van der Waals surface area contributed by atoms with Crippen molar-refractivity contribution in [3.05, 3.63) is 75.6 Å². The predicted octanol–water partition coefficient (Wildman–Crippen LogP) is 3.35. The van der Waals surface area contributed by atoms with Crippen LogP contribution in [0.1, 0.15) is 30.4 Å². The molecular formula is C28H25ClN3O4S+. The summed E-state index contributed by atoms with van der Waals surface area (Å²) in [6.07, 6.45) is 0. The molecule has 0 atom stereocenters. The normalized spacial score (nSPS) is 16.2. The summed E-state index contributed by atoms with van der Waals surface area (Å²) in [5.74, 6) is 0.194. The second-order valence-electron chi connectivity index (χ2n) is 9.37. The van der Waals surface area contributed by atoms with Gasteiger partial charge in [0, 0.05) is 26.6 Å². The summed E-state index contributed by atoms with van der Waals surface area (Å²) < 4.78 is 6.21. The van der Waals surface area contributed by atoms with Crippen molar-refractivity contribution in [3.63, 3.8) is 0 Å². The number of imide groups is 1. The average Bonchev–Trinajstić information content (AvgIpc) is 3.26. The SMILES string of the molecule is COc1ccc2c(Cl)c(C(=O)N3CC[NH+](CCN4C(=O)c5cccc6cccc(c56)C4=O)CC3)sc2c1. The van der Waals surface area contributed by atoms with Crippen molar-refractivity contribution >= 4 is 61.5 Å². The molecule has 0 unspecified atom stereocenters. The second kappa shape index (κ2) is 9.45. The lowest BCUT2D eigenvalue weighted by Crippen LogP contribution is -3.15. The van der Waals surface area contributed by atoms with Crippen molar-refractivity contribution in [3.8, 4) is 5.75 Å². The molecule has 4 aromatic rings. The van der Waals surface area contributed by atoms with Gasteiger partial charge >= 0.3 is 0 Å². The fourth-order valence-corrected chi connectivity index (χ4v) is 6.79. The Morgan fingerprint density at radius 1 is 1.03 bits per heavy atom. The summed E-state index contributed by atoms with van der Waals surface area (Å²) in [5, 5.41) is 2.99. The van der Waals surface area contributed by atoms with Gasteiger partial charge in [0.2, 0.25) is 0 Å². The van der Waals surface area contributed by atoms with Crippen LogP contribution < -0.4 is 9.64 Å². The molecule has 1 N–H and O–H groups in total. The van der Waals surface area contributed by atoms with Crippen molar-refractivity contribution < 1.29 is 24.0 Å². The molecule has 3 amide bonds. The average molecular weight is 535 g/mol. The number of thiophene rings is 1. The van der Waals surface area contributed by atoms with E-state index in [9.17, 15) is 14.4 Å². The van der Waals surface area contributed by atoms with Crippen molar-refractivity contribution in [1.29, 1.82) is 0 Å². The maximum absolute atomic E-state index is 13.3. The minimum absolute atomic E-state index is 0.0599. The van der Waals surface area contributed by atoms with Crippen molar-refractivity contribution in [2.24, 2.45) is 0 Å². The molecule has 1 fully saturated rings. The van der Waals surface area contributed by atoms with E-state index in [1.165, 1.54) is 21.1 Å². The molecule has 37 heavy (non-hydrogen) atoms. The smallest absolute Gasteiger partial charge is 0.265 e. The number of halogens is 1. The van der Waals surface area contributed by atoms with Crippen LogP contribution in [0.5, 0.6) is 5.75 Å². The van der Waals surface area contributed by atoms with Crippen molar-refractivity contribution in [1.82, 2.24) is 9.80 Å². The van der Waals surface area contributed by atoms with Gasteiger partial charge < -0.3 is 14.5 Å². The lowest BCUT2D eigenvalue weighted by molar-refractivity contribution is -0.903. The molecular weight excluding hydrogens is 510 g/mol. The van der Waals surface area contributed by atoms with Crippen LogP contribution in [0.2, 0.25) is 5.02 Å². The van der Waals surface area contributed by atoms with E-state index in [0.29, 0.717) is 47.2 Å². The summed E-state index contributed by atoms with van der Waals surface area (Å²) in [6, 6.07) is 16.8. The zero-order valence-electron chi connectivity index (χ0n) is 20.3. The highest BCUT2D eigenvalue weighted by Crippen LogP contribution is 2.38. The van der Waals surface area contributed by atoms with Crippen LogP contribution >= 0.6 is 22.9 Å². The quantitative estimate of drug-likeness (QED) is 0.399. The highest BCUT2D eigenvalue weighted by Gasteiger charge is 2.34. The molecule has 7 nitrogen and oxygen atoms in total. The number of methoxy groups -OCH3 is 1. The van der Waals surface area contributed by atoms with Gasteiger partial charge in [0.25, 0.3) is 17.7 Å². The molecule has 0 spiro atoms. The van der Waals surface area contributed by atoms with E-state index >= 15 is 0 Å². The number of nitrogens with one attached hydrogen (secondary N) is 1. The lowest BCUT2D eigenvalue weighted by Gasteiger charge is -2.33. The molecule has 3 aromatic carbocycles. The number of ether oxygens (including phenoxy) is 1. The molecule has 0 radical (unpaired) electrons. The molecule has 6 rings (SSSR count). The first kappa shape index (κ1) is 23.9. The van der Waals surface area contributed by atoms with Crippen LogP contribution in [0.25, 0.3) is 20.9 Å². The number of piperazine rings is 1. The van der Waals surface area contributed by atoms with E-state index in [1.54, 1.807) is 19.2 Å². The number of quaternary nitrogens is 1. The third-order valence-corrected chi connectivity index (χ3v) is 8.98. The van der Waals surface area contributed by atoms with Crippen LogP contribution in [0.4, 0.5) is 0 Å². The first-order chi connectivity index (χ1) is 18.0. The van der Waals surface area contributed by atoms with Gasteiger partial charge in [-0.25, -0.2) is 0 Å². The molecule has 0 bridgehead atoms. The zero-order chi connectivity index (χ0) is 25.7. The Labute approximate surface area is 222 Å². The van der Waals surface area contributed by atoms with E-state index < -0.39 is 0 Å². The van der Waals surface area contributed by atoms with Gasteiger partial charge in [-0.05, 0) is 35.7 Å². The van der Waals surface area contributed by atoms with Crippen LogP contribution in [0, 0.1) is 0 Å². The Balaban J connectivity index is 1.10. The first-order valence-electron chi connectivity index (χ1n) is 12.2. The molecule has 1 saturated heterocycles. The van der Waals surface area contributed by atoms with Gasteiger partial charge in [-0.2, -0.15) is 0 Å². The number of hydrogen-bond acceptors (Lipinski definition) is 5. The fraction of sp³-hybridized carbons (Fsp3) is 0.250. The lowest BCUT2D eigenvalue weighted by atomic mass is 9.94. The number of amides is 3. The fourth-order valence-electron chi connectivity index (χ4n) is 5.28. The summed E-state index contributed by atoms with van der Waals surface area (Å²) in [6.45, 7) is 3.64. The Kier molecular flexibility index (Phi) is 6.10. The minimum Gasteiger partial charge on any atom is -0.497 e. The molecule has 0 aliphatic carbocycles. The largest absolute Gasteiger partial charge is 0.497 e. The summed E-state index contributed by atoms with van der Waals surface area (Å²) in [7, 11) is 1.61. The third kappa shape index (κ3) is 4.05. The molecule has 2 aliphatic rings. The molecule has 3 heterocycles. The number of carbonyl (C=O) groups is 3. The number of benzene rings is 3. The van der Waals surface area contributed by atoms with Gasteiger partial charge in [0.05, 0.1) is 51.4 Å². The maximum atomic E-state index is 13.3. The Morgan fingerprint density at radius 3 is 2.35 bits per heavy atom. The van der Waals surface area contributed by atoms with Crippen molar-refractivity contribution in [2.75, 3.05) is 46.4 Å². The number of carbonyl (C=O) groups excluding carboxylic acids is 3. The summed E-state index contributed by atoms with van der Waals surface area (Å²) in [5.41, 5.74) is 1.16. The molecule has 2 aliphatic heterocycles. The molecule has 0 saturated carbocycles. The van der Waals surface area contributed by atoms with Crippen LogP contribution in [-0.4, -0.2) is 73.9 Å². The van der Waals surface area contributed by atoms with E-state index in [2.05, 4.69) is 0 Å². The van der Waals surface area contributed by atoms with E-state index in [-0.39, 0.29) is 17.7 Å².